The minimum absolute atomic E-state index is 0.00437. The van der Waals surface area contributed by atoms with Crippen LogP contribution < -0.4 is 0 Å². The van der Waals surface area contributed by atoms with Gasteiger partial charge in [0.2, 0.25) is 0 Å². The number of rotatable bonds is 0. The third-order valence-corrected chi connectivity index (χ3v) is 3.98. The summed E-state index contributed by atoms with van der Waals surface area (Å²) in [6, 6.07) is 0. The van der Waals surface area contributed by atoms with Crippen molar-refractivity contribution in [3.8, 4) is 0 Å². The van der Waals surface area contributed by atoms with Gasteiger partial charge < -0.3 is 4.74 Å². The highest BCUT2D eigenvalue weighted by atomic mass is 16.6. The van der Waals surface area contributed by atoms with E-state index in [1.165, 1.54) is 6.42 Å². The highest BCUT2D eigenvalue weighted by Gasteiger charge is 2.58. The molecule has 1 aliphatic carbocycles. The molecule has 2 atom stereocenters. The van der Waals surface area contributed by atoms with Crippen LogP contribution in [0.4, 0.5) is 0 Å². The Labute approximate surface area is 73.3 Å². The molecule has 1 aliphatic heterocycles. The van der Waals surface area contributed by atoms with Crippen LogP contribution in [0.1, 0.15) is 40.0 Å². The van der Waals surface area contributed by atoms with Gasteiger partial charge in [-0.25, -0.2) is 0 Å². The Bertz CT molecular complexity index is 232. The number of ether oxygens (including phenoxy) is 1. The number of esters is 1. The van der Waals surface area contributed by atoms with Crippen molar-refractivity contribution in [1.82, 2.24) is 0 Å². The van der Waals surface area contributed by atoms with E-state index in [0.717, 1.165) is 6.42 Å². The summed E-state index contributed by atoms with van der Waals surface area (Å²) in [6.45, 7) is 6.49. The van der Waals surface area contributed by atoms with Crippen molar-refractivity contribution in [2.24, 2.45) is 11.3 Å². The predicted octanol–water partition coefficient (Wildman–Crippen LogP) is 2.13. The monoisotopic (exact) mass is 168 g/mol. The van der Waals surface area contributed by atoms with Crippen LogP contribution in [-0.4, -0.2) is 11.6 Å². The quantitative estimate of drug-likeness (QED) is 0.518. The average molecular weight is 168 g/mol. The summed E-state index contributed by atoms with van der Waals surface area (Å²) in [6.07, 6.45) is 2.97. The Hall–Kier alpha value is -0.530. The Balaban J connectivity index is 2.34. The second-order valence-electron chi connectivity index (χ2n) is 4.90. The Morgan fingerprint density at radius 1 is 1.42 bits per heavy atom. The van der Waals surface area contributed by atoms with Crippen molar-refractivity contribution < 1.29 is 9.53 Å². The van der Waals surface area contributed by atoms with Crippen LogP contribution in [0.25, 0.3) is 0 Å². The molecule has 0 aromatic rings. The molecule has 2 fully saturated rings. The predicted molar refractivity (Wildman–Crippen MR) is 45.6 cm³/mol. The second-order valence-corrected chi connectivity index (χ2v) is 4.90. The van der Waals surface area contributed by atoms with Gasteiger partial charge >= 0.3 is 5.97 Å². The zero-order chi connectivity index (χ0) is 8.98. The number of carbonyl (C=O) groups is 1. The molecule has 2 aliphatic rings. The van der Waals surface area contributed by atoms with E-state index in [9.17, 15) is 4.79 Å². The first-order valence-electron chi connectivity index (χ1n) is 4.67. The van der Waals surface area contributed by atoms with Gasteiger partial charge in [0.1, 0.15) is 5.60 Å². The largest absolute Gasteiger partial charge is 0.458 e. The van der Waals surface area contributed by atoms with Crippen LogP contribution in [0.15, 0.2) is 0 Å². The maximum Gasteiger partial charge on any atom is 0.306 e. The minimum Gasteiger partial charge on any atom is -0.458 e. The lowest BCUT2D eigenvalue weighted by atomic mass is 9.76. The van der Waals surface area contributed by atoms with Crippen LogP contribution in [-0.2, 0) is 9.53 Å². The van der Waals surface area contributed by atoms with Crippen molar-refractivity contribution in [2.75, 3.05) is 0 Å². The molecule has 12 heavy (non-hydrogen) atoms. The van der Waals surface area contributed by atoms with Gasteiger partial charge in [0.15, 0.2) is 0 Å². The second kappa shape index (κ2) is 2.04. The minimum atomic E-state index is -0.177. The standard InChI is InChI=1S/C10H16O2/c1-9(2)5-4-7-6-8(11)12-10(7,9)3/h7H,4-6H2,1-3H3. The Morgan fingerprint density at radius 3 is 2.67 bits per heavy atom. The fourth-order valence-electron chi connectivity index (χ4n) is 2.61. The van der Waals surface area contributed by atoms with Crippen molar-refractivity contribution >= 4 is 5.97 Å². The molecule has 0 aromatic carbocycles. The molecule has 1 saturated carbocycles. The van der Waals surface area contributed by atoms with Crippen LogP contribution in [0.2, 0.25) is 0 Å². The SMILES string of the molecule is CC1(C)CCC2CC(=O)OC21C. The highest BCUT2D eigenvalue weighted by molar-refractivity contribution is 5.73. The first-order chi connectivity index (χ1) is 5.46. The first kappa shape index (κ1) is 8.09. The lowest BCUT2D eigenvalue weighted by Gasteiger charge is -2.36. The molecular weight excluding hydrogens is 152 g/mol. The van der Waals surface area contributed by atoms with E-state index < -0.39 is 0 Å². The third-order valence-electron chi connectivity index (χ3n) is 3.98. The third kappa shape index (κ3) is 0.782. The summed E-state index contributed by atoms with van der Waals surface area (Å²) < 4.78 is 5.45. The zero-order valence-corrected chi connectivity index (χ0v) is 8.02. The topological polar surface area (TPSA) is 26.3 Å². The molecule has 2 rings (SSSR count). The van der Waals surface area contributed by atoms with E-state index in [-0.39, 0.29) is 17.0 Å². The smallest absolute Gasteiger partial charge is 0.306 e. The van der Waals surface area contributed by atoms with E-state index in [0.29, 0.717) is 12.3 Å². The van der Waals surface area contributed by atoms with E-state index in [1.54, 1.807) is 0 Å². The molecule has 2 unspecified atom stereocenters. The van der Waals surface area contributed by atoms with E-state index in [4.69, 9.17) is 4.74 Å². The number of fused-ring (bicyclic) bond motifs is 1. The van der Waals surface area contributed by atoms with Gasteiger partial charge in [-0.1, -0.05) is 13.8 Å². The molecule has 2 heteroatoms. The van der Waals surface area contributed by atoms with Gasteiger partial charge in [-0.05, 0) is 19.8 Å². The highest BCUT2D eigenvalue weighted by Crippen LogP contribution is 2.56. The summed E-state index contributed by atoms with van der Waals surface area (Å²) in [4.78, 5) is 11.1. The van der Waals surface area contributed by atoms with Gasteiger partial charge in [0, 0.05) is 11.3 Å². The summed E-state index contributed by atoms with van der Waals surface area (Å²) in [5, 5.41) is 0. The fraction of sp³-hybridized carbons (Fsp3) is 0.900. The summed E-state index contributed by atoms with van der Waals surface area (Å²) >= 11 is 0. The van der Waals surface area contributed by atoms with Crippen LogP contribution >= 0.6 is 0 Å². The maximum atomic E-state index is 11.1. The molecule has 68 valence electrons. The van der Waals surface area contributed by atoms with Crippen LogP contribution in [0.3, 0.4) is 0 Å². The van der Waals surface area contributed by atoms with Crippen LogP contribution in [0.5, 0.6) is 0 Å². The molecule has 0 radical (unpaired) electrons. The van der Waals surface area contributed by atoms with Gasteiger partial charge in [0.25, 0.3) is 0 Å². The molecule has 0 bridgehead atoms. The van der Waals surface area contributed by atoms with E-state index in [1.807, 2.05) is 0 Å². The number of carbonyl (C=O) groups excluding carboxylic acids is 1. The fourth-order valence-corrected chi connectivity index (χ4v) is 2.61. The molecular formula is C10H16O2. The van der Waals surface area contributed by atoms with Gasteiger partial charge in [-0.3, -0.25) is 4.79 Å². The molecule has 0 aromatic heterocycles. The normalized spacial score (nSPS) is 44.2. The molecule has 1 saturated heterocycles. The van der Waals surface area contributed by atoms with Gasteiger partial charge in [0.05, 0.1) is 6.42 Å². The van der Waals surface area contributed by atoms with Crippen molar-refractivity contribution in [3.63, 3.8) is 0 Å². The molecule has 0 N–H and O–H groups in total. The molecule has 2 nitrogen and oxygen atoms in total. The summed E-state index contributed by atoms with van der Waals surface area (Å²) in [5.74, 6) is 0.468. The number of hydrogen-bond donors (Lipinski definition) is 0. The summed E-state index contributed by atoms with van der Waals surface area (Å²) in [7, 11) is 0. The molecule has 1 heterocycles. The Morgan fingerprint density at radius 2 is 2.08 bits per heavy atom. The zero-order valence-electron chi connectivity index (χ0n) is 8.02. The maximum absolute atomic E-state index is 11.1. The van der Waals surface area contributed by atoms with Crippen molar-refractivity contribution in [1.29, 1.82) is 0 Å². The molecule has 0 spiro atoms. The lowest BCUT2D eigenvalue weighted by molar-refractivity contribution is -0.155. The van der Waals surface area contributed by atoms with Crippen molar-refractivity contribution in [3.05, 3.63) is 0 Å². The van der Waals surface area contributed by atoms with Crippen molar-refractivity contribution in [2.45, 2.75) is 45.6 Å². The average Bonchev–Trinajstić information content (AvgIpc) is 2.31. The first-order valence-corrected chi connectivity index (χ1v) is 4.67. The van der Waals surface area contributed by atoms with Gasteiger partial charge in [-0.2, -0.15) is 0 Å². The van der Waals surface area contributed by atoms with Gasteiger partial charge in [-0.15, -0.1) is 0 Å². The van der Waals surface area contributed by atoms with Crippen LogP contribution in [0, 0.1) is 11.3 Å². The van der Waals surface area contributed by atoms with E-state index in [2.05, 4.69) is 20.8 Å². The Kier molecular flexibility index (Phi) is 1.37. The number of hydrogen-bond acceptors (Lipinski definition) is 2. The summed E-state index contributed by atoms with van der Waals surface area (Å²) in [5.41, 5.74) is -0.00604. The lowest BCUT2D eigenvalue weighted by Crippen LogP contribution is -2.40. The van der Waals surface area contributed by atoms with E-state index >= 15 is 0 Å². The molecule has 0 amide bonds.